The molecule has 84 valence electrons. The Hall–Kier alpha value is -0.330. The fraction of sp³-hybridized carbons (Fsp3) is 1.00. The topological polar surface area (TPSA) is 49.5 Å². The van der Waals surface area contributed by atoms with Crippen molar-refractivity contribution < 1.29 is 18.3 Å². The van der Waals surface area contributed by atoms with Crippen molar-refractivity contribution in [3.8, 4) is 0 Å². The SMILES string of the molecule is NCC(N1CCCC1CO)C(F)(F)F. The van der Waals surface area contributed by atoms with E-state index in [-0.39, 0.29) is 12.6 Å². The molecule has 0 amide bonds. The summed E-state index contributed by atoms with van der Waals surface area (Å²) < 4.78 is 37.4. The van der Waals surface area contributed by atoms with Gasteiger partial charge in [0.05, 0.1) is 6.61 Å². The minimum atomic E-state index is -4.30. The first-order valence-electron chi connectivity index (χ1n) is 4.64. The first kappa shape index (κ1) is 11.7. The molecule has 0 aromatic rings. The first-order valence-corrected chi connectivity index (χ1v) is 4.64. The van der Waals surface area contributed by atoms with Gasteiger partial charge in [-0.05, 0) is 19.4 Å². The Morgan fingerprint density at radius 3 is 2.57 bits per heavy atom. The zero-order valence-electron chi connectivity index (χ0n) is 7.80. The van der Waals surface area contributed by atoms with Gasteiger partial charge in [-0.2, -0.15) is 13.2 Å². The van der Waals surface area contributed by atoms with E-state index in [9.17, 15) is 13.2 Å². The highest BCUT2D eigenvalue weighted by atomic mass is 19.4. The molecule has 2 unspecified atom stereocenters. The molecule has 1 rings (SSSR count). The molecular formula is C8H15F3N2O. The smallest absolute Gasteiger partial charge is 0.395 e. The van der Waals surface area contributed by atoms with E-state index >= 15 is 0 Å². The predicted octanol–water partition coefficient (Wildman–Crippen LogP) is 0.333. The fourth-order valence-electron chi connectivity index (χ4n) is 1.92. The van der Waals surface area contributed by atoms with Crippen LogP contribution in [0.4, 0.5) is 13.2 Å². The van der Waals surface area contributed by atoms with Crippen LogP contribution >= 0.6 is 0 Å². The highest BCUT2D eigenvalue weighted by Gasteiger charge is 2.45. The second-order valence-corrected chi connectivity index (χ2v) is 3.51. The molecule has 1 aliphatic rings. The number of alkyl halides is 3. The maximum Gasteiger partial charge on any atom is 0.405 e. The van der Waals surface area contributed by atoms with Crippen molar-refractivity contribution in [3.63, 3.8) is 0 Å². The second-order valence-electron chi connectivity index (χ2n) is 3.51. The Labute approximate surface area is 80.7 Å². The third-order valence-corrected chi connectivity index (χ3v) is 2.63. The maximum atomic E-state index is 12.5. The van der Waals surface area contributed by atoms with Gasteiger partial charge in [0, 0.05) is 12.6 Å². The van der Waals surface area contributed by atoms with Gasteiger partial charge in [0.25, 0.3) is 0 Å². The summed E-state index contributed by atoms with van der Waals surface area (Å²) in [6, 6.07) is -1.99. The van der Waals surface area contributed by atoms with Gasteiger partial charge in [-0.3, -0.25) is 4.90 Å². The van der Waals surface area contributed by atoms with Gasteiger partial charge in [0.2, 0.25) is 0 Å². The Bertz CT molecular complexity index is 186. The number of rotatable bonds is 3. The lowest BCUT2D eigenvalue weighted by atomic mass is 10.2. The number of aliphatic hydroxyl groups is 1. The lowest BCUT2D eigenvalue weighted by Crippen LogP contribution is -2.52. The van der Waals surface area contributed by atoms with Gasteiger partial charge in [-0.1, -0.05) is 0 Å². The quantitative estimate of drug-likeness (QED) is 0.709. The molecule has 2 atom stereocenters. The first-order chi connectivity index (χ1) is 6.50. The number of nitrogens with zero attached hydrogens (tertiary/aromatic N) is 1. The molecular weight excluding hydrogens is 197 g/mol. The Kier molecular flexibility index (Phi) is 3.74. The summed E-state index contributed by atoms with van der Waals surface area (Å²) in [6.07, 6.45) is -2.99. The van der Waals surface area contributed by atoms with Gasteiger partial charge < -0.3 is 10.8 Å². The summed E-state index contributed by atoms with van der Waals surface area (Å²) >= 11 is 0. The third kappa shape index (κ3) is 2.37. The average molecular weight is 212 g/mol. The van der Waals surface area contributed by atoms with Gasteiger partial charge in [-0.25, -0.2) is 0 Å². The third-order valence-electron chi connectivity index (χ3n) is 2.63. The van der Waals surface area contributed by atoms with Crippen molar-refractivity contribution in [1.82, 2.24) is 4.90 Å². The normalized spacial score (nSPS) is 26.8. The summed E-state index contributed by atoms with van der Waals surface area (Å²) in [6.45, 7) is -0.306. The van der Waals surface area contributed by atoms with Crippen LogP contribution in [0.25, 0.3) is 0 Å². The van der Waals surface area contributed by atoms with Crippen LogP contribution in [-0.4, -0.2) is 48.0 Å². The summed E-state index contributed by atoms with van der Waals surface area (Å²) in [5, 5.41) is 8.90. The Morgan fingerprint density at radius 1 is 1.50 bits per heavy atom. The second kappa shape index (κ2) is 4.46. The maximum absolute atomic E-state index is 12.5. The van der Waals surface area contributed by atoms with Crippen molar-refractivity contribution in [3.05, 3.63) is 0 Å². The molecule has 1 fully saturated rings. The highest BCUT2D eigenvalue weighted by Crippen LogP contribution is 2.29. The number of nitrogens with two attached hydrogens (primary N) is 1. The van der Waals surface area contributed by atoms with E-state index in [1.54, 1.807) is 0 Å². The summed E-state index contributed by atoms with van der Waals surface area (Å²) in [7, 11) is 0. The molecule has 0 aromatic heterocycles. The van der Waals surface area contributed by atoms with Crippen LogP contribution in [0, 0.1) is 0 Å². The van der Waals surface area contributed by atoms with Crippen molar-refractivity contribution in [2.45, 2.75) is 31.1 Å². The van der Waals surface area contributed by atoms with Gasteiger partial charge in [0.1, 0.15) is 6.04 Å². The van der Waals surface area contributed by atoms with E-state index in [2.05, 4.69) is 0 Å². The van der Waals surface area contributed by atoms with Crippen LogP contribution in [0.1, 0.15) is 12.8 Å². The van der Waals surface area contributed by atoms with E-state index in [4.69, 9.17) is 10.8 Å². The molecule has 0 aromatic carbocycles. The standard InChI is InChI=1S/C8H15F3N2O/c9-8(10,11)7(4-12)13-3-1-2-6(13)5-14/h6-7,14H,1-5,12H2. The van der Waals surface area contributed by atoms with Crippen molar-refractivity contribution in [2.24, 2.45) is 5.73 Å². The minimum Gasteiger partial charge on any atom is -0.395 e. The number of halogens is 3. The monoisotopic (exact) mass is 212 g/mol. The molecule has 0 aliphatic carbocycles. The van der Waals surface area contributed by atoms with Crippen LogP contribution in [0.15, 0.2) is 0 Å². The Balaban J connectivity index is 2.68. The molecule has 14 heavy (non-hydrogen) atoms. The zero-order chi connectivity index (χ0) is 10.8. The molecule has 3 N–H and O–H groups in total. The molecule has 0 saturated carbocycles. The van der Waals surface area contributed by atoms with E-state index in [0.717, 1.165) is 0 Å². The lowest BCUT2D eigenvalue weighted by Gasteiger charge is -2.32. The highest BCUT2D eigenvalue weighted by molar-refractivity contribution is 4.88. The summed E-state index contributed by atoms with van der Waals surface area (Å²) in [4.78, 5) is 1.26. The molecule has 0 spiro atoms. The van der Waals surface area contributed by atoms with Crippen molar-refractivity contribution >= 4 is 0 Å². The number of hydrogen-bond donors (Lipinski definition) is 2. The van der Waals surface area contributed by atoms with Crippen LogP contribution < -0.4 is 5.73 Å². The fourth-order valence-corrected chi connectivity index (χ4v) is 1.92. The molecule has 1 heterocycles. The zero-order valence-corrected chi connectivity index (χ0v) is 7.80. The van der Waals surface area contributed by atoms with Crippen LogP contribution in [0.2, 0.25) is 0 Å². The predicted molar refractivity (Wildman–Crippen MR) is 45.7 cm³/mol. The van der Waals surface area contributed by atoms with Crippen LogP contribution in [0.3, 0.4) is 0 Å². The molecule has 1 aliphatic heterocycles. The van der Waals surface area contributed by atoms with E-state index in [1.807, 2.05) is 0 Å². The summed E-state index contributed by atoms with van der Waals surface area (Å²) in [5.74, 6) is 0. The molecule has 0 radical (unpaired) electrons. The Morgan fingerprint density at radius 2 is 2.14 bits per heavy atom. The van der Waals surface area contributed by atoms with E-state index < -0.39 is 18.8 Å². The van der Waals surface area contributed by atoms with E-state index in [1.165, 1.54) is 4.90 Å². The van der Waals surface area contributed by atoms with Crippen molar-refractivity contribution in [2.75, 3.05) is 19.7 Å². The number of likely N-dealkylation sites (tertiary alicyclic amines) is 1. The largest absolute Gasteiger partial charge is 0.405 e. The molecule has 3 nitrogen and oxygen atoms in total. The van der Waals surface area contributed by atoms with E-state index in [0.29, 0.717) is 19.4 Å². The van der Waals surface area contributed by atoms with Crippen LogP contribution in [0.5, 0.6) is 0 Å². The van der Waals surface area contributed by atoms with Gasteiger partial charge in [-0.15, -0.1) is 0 Å². The molecule has 0 bridgehead atoms. The molecule has 1 saturated heterocycles. The lowest BCUT2D eigenvalue weighted by molar-refractivity contribution is -0.184. The average Bonchev–Trinajstić information content (AvgIpc) is 2.51. The van der Waals surface area contributed by atoms with Gasteiger partial charge >= 0.3 is 6.18 Å². The summed E-state index contributed by atoms with van der Waals surface area (Å²) in [5.41, 5.74) is 5.11. The van der Waals surface area contributed by atoms with Gasteiger partial charge in [0.15, 0.2) is 0 Å². The number of hydrogen-bond acceptors (Lipinski definition) is 3. The minimum absolute atomic E-state index is 0.230. The van der Waals surface area contributed by atoms with Crippen molar-refractivity contribution in [1.29, 1.82) is 0 Å². The molecule has 6 heteroatoms. The van der Waals surface area contributed by atoms with Crippen LogP contribution in [-0.2, 0) is 0 Å². The number of aliphatic hydroxyl groups excluding tert-OH is 1.